The van der Waals surface area contributed by atoms with Crippen LogP contribution >= 0.6 is 11.8 Å². The molecule has 0 atom stereocenters. The smallest absolute Gasteiger partial charge is 0.230 e. The summed E-state index contributed by atoms with van der Waals surface area (Å²) in [5.41, 5.74) is 0. The molecule has 0 aliphatic rings. The highest BCUT2D eigenvalue weighted by Crippen LogP contribution is 2.12. The monoisotopic (exact) mass is 256 g/mol. The number of aromatic amines is 1. The Morgan fingerprint density at radius 2 is 2.12 bits per heavy atom. The lowest BCUT2D eigenvalue weighted by atomic mass is 10.2. The Bertz CT molecular complexity index is 349. The molecule has 0 radical (unpaired) electrons. The van der Waals surface area contributed by atoms with Crippen molar-refractivity contribution < 1.29 is 4.79 Å². The summed E-state index contributed by atoms with van der Waals surface area (Å²) in [7, 11) is 0. The number of hydrogen-bond acceptors (Lipinski definition) is 4. The molecule has 1 aromatic rings. The van der Waals surface area contributed by atoms with Gasteiger partial charge in [0.05, 0.1) is 5.75 Å². The van der Waals surface area contributed by atoms with Gasteiger partial charge in [-0.25, -0.2) is 4.98 Å². The highest BCUT2D eigenvalue weighted by atomic mass is 32.2. The van der Waals surface area contributed by atoms with E-state index in [-0.39, 0.29) is 11.9 Å². The number of carbonyl (C=O) groups excluding carboxylic acids is 1. The Hall–Kier alpha value is -1.04. The average molecular weight is 256 g/mol. The Morgan fingerprint density at radius 3 is 2.65 bits per heavy atom. The molecule has 5 nitrogen and oxygen atoms in total. The van der Waals surface area contributed by atoms with Gasteiger partial charge in [-0.1, -0.05) is 32.5 Å². The summed E-state index contributed by atoms with van der Waals surface area (Å²) in [5, 5.41) is 10.5. The third kappa shape index (κ3) is 4.77. The largest absolute Gasteiger partial charge is 0.353 e. The number of hydrogen-bond donors (Lipinski definition) is 2. The van der Waals surface area contributed by atoms with Gasteiger partial charge in [-0.05, 0) is 12.8 Å². The number of H-pyrrole nitrogens is 1. The predicted octanol–water partition coefficient (Wildman–Crippen LogP) is 1.76. The van der Waals surface area contributed by atoms with Crippen LogP contribution in [-0.2, 0) is 11.2 Å². The van der Waals surface area contributed by atoms with Crippen LogP contribution in [-0.4, -0.2) is 32.9 Å². The minimum atomic E-state index is 0.0477. The van der Waals surface area contributed by atoms with Gasteiger partial charge in [0, 0.05) is 12.5 Å². The Morgan fingerprint density at radius 1 is 1.41 bits per heavy atom. The van der Waals surface area contributed by atoms with Crippen LogP contribution in [0, 0.1) is 0 Å². The molecule has 0 saturated carbocycles. The number of nitrogens with one attached hydrogen (secondary N) is 2. The number of aryl methyl sites for hydroxylation is 1. The fraction of sp³-hybridized carbons (Fsp3) is 0.727. The molecule has 1 rings (SSSR count). The first-order chi connectivity index (χ1) is 8.19. The van der Waals surface area contributed by atoms with E-state index in [1.165, 1.54) is 11.8 Å². The number of carbonyl (C=O) groups is 1. The molecule has 1 aromatic heterocycles. The topological polar surface area (TPSA) is 70.7 Å². The maximum absolute atomic E-state index is 11.6. The molecule has 0 saturated heterocycles. The van der Waals surface area contributed by atoms with Crippen LogP contribution in [0.4, 0.5) is 0 Å². The highest BCUT2D eigenvalue weighted by Gasteiger charge is 2.10. The van der Waals surface area contributed by atoms with Crippen molar-refractivity contribution in [3.05, 3.63) is 5.82 Å². The van der Waals surface area contributed by atoms with Gasteiger partial charge in [-0.15, -0.1) is 5.10 Å². The molecule has 0 aliphatic carbocycles. The summed E-state index contributed by atoms with van der Waals surface area (Å²) in [6, 6.07) is 0.279. The summed E-state index contributed by atoms with van der Waals surface area (Å²) in [4.78, 5) is 15.9. The van der Waals surface area contributed by atoms with E-state index in [1.54, 1.807) is 0 Å². The fourth-order valence-electron chi connectivity index (χ4n) is 1.39. The molecule has 0 aliphatic heterocycles. The SMILES string of the molecule is CCc1nc(SCC(=O)NC(CC)CC)n[nH]1. The molecular formula is C11H20N4OS. The first kappa shape index (κ1) is 14.0. The van der Waals surface area contributed by atoms with Crippen molar-refractivity contribution in [2.24, 2.45) is 0 Å². The quantitative estimate of drug-likeness (QED) is 0.729. The van der Waals surface area contributed by atoms with Crippen LogP contribution in [0.2, 0.25) is 0 Å². The molecule has 2 N–H and O–H groups in total. The van der Waals surface area contributed by atoms with E-state index in [4.69, 9.17) is 0 Å². The van der Waals surface area contributed by atoms with Gasteiger partial charge >= 0.3 is 0 Å². The van der Waals surface area contributed by atoms with E-state index in [1.807, 2.05) is 6.92 Å². The molecule has 1 amide bonds. The fourth-order valence-corrected chi connectivity index (χ4v) is 2.02. The van der Waals surface area contributed by atoms with Crippen molar-refractivity contribution in [1.82, 2.24) is 20.5 Å². The van der Waals surface area contributed by atoms with Gasteiger partial charge in [-0.3, -0.25) is 9.89 Å². The summed E-state index contributed by atoms with van der Waals surface area (Å²) < 4.78 is 0. The van der Waals surface area contributed by atoms with Crippen molar-refractivity contribution in [3.8, 4) is 0 Å². The third-order valence-corrected chi connectivity index (χ3v) is 3.38. The zero-order valence-electron chi connectivity index (χ0n) is 10.6. The number of thioether (sulfide) groups is 1. The molecule has 96 valence electrons. The van der Waals surface area contributed by atoms with E-state index in [0.29, 0.717) is 10.9 Å². The normalized spacial score (nSPS) is 10.8. The van der Waals surface area contributed by atoms with E-state index < -0.39 is 0 Å². The van der Waals surface area contributed by atoms with Gasteiger partial charge in [0.25, 0.3) is 0 Å². The van der Waals surface area contributed by atoms with Crippen LogP contribution in [0.3, 0.4) is 0 Å². The second-order valence-corrected chi connectivity index (χ2v) is 4.73. The van der Waals surface area contributed by atoms with Crippen molar-refractivity contribution >= 4 is 17.7 Å². The summed E-state index contributed by atoms with van der Waals surface area (Å²) in [6.45, 7) is 6.16. The minimum Gasteiger partial charge on any atom is -0.353 e. The standard InChI is InChI=1S/C11H20N4OS/c1-4-8(5-2)12-10(16)7-17-11-13-9(6-3)14-15-11/h8H,4-7H2,1-3H3,(H,12,16)(H,13,14,15). The first-order valence-corrected chi connectivity index (χ1v) is 7.01. The van der Waals surface area contributed by atoms with E-state index >= 15 is 0 Å². The van der Waals surface area contributed by atoms with Gasteiger partial charge in [0.1, 0.15) is 5.82 Å². The first-order valence-electron chi connectivity index (χ1n) is 6.02. The van der Waals surface area contributed by atoms with Crippen molar-refractivity contribution in [1.29, 1.82) is 0 Å². The van der Waals surface area contributed by atoms with Crippen LogP contribution < -0.4 is 5.32 Å². The molecule has 0 aromatic carbocycles. The molecular weight excluding hydrogens is 236 g/mol. The van der Waals surface area contributed by atoms with Gasteiger partial charge in [0.2, 0.25) is 11.1 Å². The summed E-state index contributed by atoms with van der Waals surface area (Å²) in [5.74, 6) is 1.27. The maximum Gasteiger partial charge on any atom is 0.230 e. The maximum atomic E-state index is 11.6. The predicted molar refractivity (Wildman–Crippen MR) is 69.0 cm³/mol. The van der Waals surface area contributed by atoms with Crippen LogP contribution in [0.15, 0.2) is 5.16 Å². The molecule has 0 fully saturated rings. The van der Waals surface area contributed by atoms with Crippen LogP contribution in [0.25, 0.3) is 0 Å². The number of nitrogens with zero attached hydrogens (tertiary/aromatic N) is 2. The summed E-state index contributed by atoms with van der Waals surface area (Å²) >= 11 is 1.36. The number of amides is 1. The molecule has 0 bridgehead atoms. The third-order valence-electron chi connectivity index (χ3n) is 2.53. The zero-order valence-corrected chi connectivity index (χ0v) is 11.4. The highest BCUT2D eigenvalue weighted by molar-refractivity contribution is 7.99. The molecule has 17 heavy (non-hydrogen) atoms. The molecule has 0 unspecified atom stereocenters. The lowest BCUT2D eigenvalue weighted by molar-refractivity contribution is -0.119. The molecule has 0 spiro atoms. The van der Waals surface area contributed by atoms with Gasteiger partial charge in [0.15, 0.2) is 0 Å². The summed E-state index contributed by atoms with van der Waals surface area (Å²) in [6.07, 6.45) is 2.76. The number of rotatable bonds is 7. The Balaban J connectivity index is 2.32. The van der Waals surface area contributed by atoms with Crippen molar-refractivity contribution in [2.75, 3.05) is 5.75 Å². The van der Waals surface area contributed by atoms with Crippen molar-refractivity contribution in [3.63, 3.8) is 0 Å². The van der Waals surface area contributed by atoms with E-state index in [2.05, 4.69) is 34.3 Å². The van der Waals surface area contributed by atoms with E-state index in [0.717, 1.165) is 25.1 Å². The lowest BCUT2D eigenvalue weighted by Crippen LogP contribution is -2.35. The average Bonchev–Trinajstić information content (AvgIpc) is 2.81. The van der Waals surface area contributed by atoms with E-state index in [9.17, 15) is 4.79 Å². The van der Waals surface area contributed by atoms with Gasteiger partial charge < -0.3 is 5.32 Å². The lowest BCUT2D eigenvalue weighted by Gasteiger charge is -2.13. The number of aromatic nitrogens is 3. The van der Waals surface area contributed by atoms with Crippen LogP contribution in [0.5, 0.6) is 0 Å². The molecule has 6 heteroatoms. The molecule has 1 heterocycles. The minimum absolute atomic E-state index is 0.0477. The van der Waals surface area contributed by atoms with Crippen LogP contribution in [0.1, 0.15) is 39.4 Å². The van der Waals surface area contributed by atoms with Crippen molar-refractivity contribution in [2.45, 2.75) is 51.2 Å². The Labute approximate surface area is 106 Å². The second-order valence-electron chi connectivity index (χ2n) is 3.79. The van der Waals surface area contributed by atoms with Gasteiger partial charge in [-0.2, -0.15) is 0 Å². The second kappa shape index (κ2) is 7.32. The Kier molecular flexibility index (Phi) is 6.04. The zero-order chi connectivity index (χ0) is 12.7.